The molecule has 0 saturated carbocycles. The summed E-state index contributed by atoms with van der Waals surface area (Å²) in [6, 6.07) is 8.58. The molecule has 4 heteroatoms. The van der Waals surface area contributed by atoms with Crippen LogP contribution in [0.15, 0.2) is 24.3 Å². The molecule has 0 spiro atoms. The van der Waals surface area contributed by atoms with E-state index >= 15 is 0 Å². The van der Waals surface area contributed by atoms with Crippen LogP contribution >= 0.6 is 0 Å². The lowest BCUT2D eigenvalue weighted by Crippen LogP contribution is -2.64. The normalized spacial score (nSPS) is 21.7. The maximum atomic E-state index is 12.2. The molecule has 0 radical (unpaired) electrons. The van der Waals surface area contributed by atoms with Crippen molar-refractivity contribution in [1.29, 1.82) is 0 Å². The second-order valence-electron chi connectivity index (χ2n) is 6.44. The lowest BCUT2D eigenvalue weighted by molar-refractivity contribution is -0.137. The van der Waals surface area contributed by atoms with Gasteiger partial charge in [0.2, 0.25) is 5.91 Å². The van der Waals surface area contributed by atoms with Gasteiger partial charge in [-0.1, -0.05) is 36.8 Å². The molecular formula is C17H27N3O. The first kappa shape index (κ1) is 16.0. The van der Waals surface area contributed by atoms with Gasteiger partial charge >= 0.3 is 0 Å². The van der Waals surface area contributed by atoms with Gasteiger partial charge in [-0.05, 0) is 32.8 Å². The van der Waals surface area contributed by atoms with E-state index in [-0.39, 0.29) is 18.0 Å². The van der Waals surface area contributed by atoms with Crippen molar-refractivity contribution < 1.29 is 4.79 Å². The summed E-state index contributed by atoms with van der Waals surface area (Å²) in [7, 11) is 0. The summed E-state index contributed by atoms with van der Waals surface area (Å²) < 4.78 is 0. The second kappa shape index (κ2) is 6.16. The summed E-state index contributed by atoms with van der Waals surface area (Å²) in [6.07, 6.45) is 0.882. The Balaban J connectivity index is 2.40. The van der Waals surface area contributed by atoms with E-state index in [0.29, 0.717) is 6.54 Å². The van der Waals surface area contributed by atoms with Gasteiger partial charge in [-0.2, -0.15) is 0 Å². The second-order valence-corrected chi connectivity index (χ2v) is 6.44. The molecule has 4 nitrogen and oxygen atoms in total. The highest BCUT2D eigenvalue weighted by Crippen LogP contribution is 2.33. The van der Waals surface area contributed by atoms with Gasteiger partial charge in [0.05, 0.1) is 11.6 Å². The maximum Gasteiger partial charge on any atom is 0.240 e. The molecule has 1 amide bonds. The molecule has 2 rings (SSSR count). The van der Waals surface area contributed by atoms with Gasteiger partial charge in [0.1, 0.15) is 0 Å². The zero-order chi connectivity index (χ0) is 15.6. The monoisotopic (exact) mass is 289 g/mol. The predicted octanol–water partition coefficient (Wildman–Crippen LogP) is 1.98. The van der Waals surface area contributed by atoms with Gasteiger partial charge in [0.15, 0.2) is 0 Å². The van der Waals surface area contributed by atoms with Crippen molar-refractivity contribution in [1.82, 2.24) is 10.2 Å². The Morgan fingerprint density at radius 2 is 1.95 bits per heavy atom. The summed E-state index contributed by atoms with van der Waals surface area (Å²) in [5.41, 5.74) is 8.30. The smallest absolute Gasteiger partial charge is 0.240 e. The minimum atomic E-state index is -0.541. The number of nitrogens with one attached hydrogen (secondary N) is 1. The molecule has 0 aromatic heterocycles. The van der Waals surface area contributed by atoms with E-state index in [4.69, 9.17) is 5.73 Å². The van der Waals surface area contributed by atoms with Crippen molar-refractivity contribution >= 4 is 5.91 Å². The Hall–Kier alpha value is -1.39. The Morgan fingerprint density at radius 3 is 2.52 bits per heavy atom. The number of rotatable bonds is 4. The third-order valence-corrected chi connectivity index (χ3v) is 4.54. The summed E-state index contributed by atoms with van der Waals surface area (Å²) in [4.78, 5) is 14.5. The molecule has 1 heterocycles. The van der Waals surface area contributed by atoms with Crippen LogP contribution in [-0.4, -0.2) is 35.5 Å². The Kier molecular flexibility index (Phi) is 4.69. The van der Waals surface area contributed by atoms with Crippen LogP contribution < -0.4 is 11.1 Å². The fraction of sp³-hybridized carbons (Fsp3) is 0.588. The summed E-state index contributed by atoms with van der Waals surface area (Å²) in [6.45, 7) is 9.64. The van der Waals surface area contributed by atoms with E-state index in [1.165, 1.54) is 11.1 Å². The molecule has 2 atom stereocenters. The number of carbonyl (C=O) groups is 1. The van der Waals surface area contributed by atoms with Crippen LogP contribution in [-0.2, 0) is 4.79 Å². The molecule has 1 fully saturated rings. The average molecular weight is 289 g/mol. The van der Waals surface area contributed by atoms with Gasteiger partial charge < -0.3 is 11.1 Å². The van der Waals surface area contributed by atoms with E-state index in [1.54, 1.807) is 0 Å². The Morgan fingerprint density at radius 1 is 1.33 bits per heavy atom. The average Bonchev–Trinajstić information content (AvgIpc) is 2.45. The third kappa shape index (κ3) is 3.11. The highest BCUT2D eigenvalue weighted by Gasteiger charge is 2.43. The predicted molar refractivity (Wildman–Crippen MR) is 86.0 cm³/mol. The van der Waals surface area contributed by atoms with Gasteiger partial charge in [-0.25, -0.2) is 0 Å². The summed E-state index contributed by atoms with van der Waals surface area (Å²) in [5.74, 6) is 0.0779. The molecule has 0 bridgehead atoms. The van der Waals surface area contributed by atoms with Crippen molar-refractivity contribution in [2.24, 2.45) is 5.73 Å². The van der Waals surface area contributed by atoms with Crippen molar-refractivity contribution in [3.05, 3.63) is 35.4 Å². The summed E-state index contributed by atoms with van der Waals surface area (Å²) >= 11 is 0. The number of piperazine rings is 1. The number of aryl methyl sites for hydroxylation is 1. The van der Waals surface area contributed by atoms with E-state index in [0.717, 1.165) is 13.0 Å². The number of amides is 1. The van der Waals surface area contributed by atoms with Crippen LogP contribution in [0.5, 0.6) is 0 Å². The quantitative estimate of drug-likeness (QED) is 0.891. The molecule has 1 aliphatic rings. The fourth-order valence-electron chi connectivity index (χ4n) is 3.05. The van der Waals surface area contributed by atoms with E-state index in [9.17, 15) is 4.79 Å². The molecule has 1 saturated heterocycles. The van der Waals surface area contributed by atoms with Gasteiger partial charge in [-0.15, -0.1) is 0 Å². The molecular weight excluding hydrogens is 262 g/mol. The molecule has 2 unspecified atom stereocenters. The van der Waals surface area contributed by atoms with Crippen LogP contribution in [0.4, 0.5) is 0 Å². The van der Waals surface area contributed by atoms with Gasteiger partial charge in [-0.3, -0.25) is 9.69 Å². The first-order valence-corrected chi connectivity index (χ1v) is 7.75. The van der Waals surface area contributed by atoms with Crippen LogP contribution in [0, 0.1) is 6.92 Å². The molecule has 1 aromatic rings. The van der Waals surface area contributed by atoms with Crippen molar-refractivity contribution in [3.63, 3.8) is 0 Å². The van der Waals surface area contributed by atoms with Gasteiger partial charge in [0.25, 0.3) is 0 Å². The molecule has 21 heavy (non-hydrogen) atoms. The highest BCUT2D eigenvalue weighted by molar-refractivity contribution is 5.86. The first-order valence-electron chi connectivity index (χ1n) is 7.75. The Bertz CT molecular complexity index is 495. The van der Waals surface area contributed by atoms with E-state index in [1.807, 2.05) is 13.8 Å². The van der Waals surface area contributed by atoms with Crippen LogP contribution in [0.25, 0.3) is 0 Å². The molecule has 116 valence electrons. The number of benzene rings is 1. The number of hydrogen-bond donors (Lipinski definition) is 2. The van der Waals surface area contributed by atoms with Crippen LogP contribution in [0.3, 0.4) is 0 Å². The Labute approximate surface area is 127 Å². The highest BCUT2D eigenvalue weighted by atomic mass is 16.2. The van der Waals surface area contributed by atoms with Crippen LogP contribution in [0.2, 0.25) is 0 Å². The molecule has 1 aliphatic heterocycles. The number of nitrogens with two attached hydrogens (primary N) is 1. The third-order valence-electron chi connectivity index (χ3n) is 4.54. The van der Waals surface area contributed by atoms with E-state index in [2.05, 4.69) is 48.3 Å². The lowest BCUT2D eigenvalue weighted by Gasteiger charge is -2.47. The zero-order valence-electron chi connectivity index (χ0n) is 13.5. The number of hydrogen-bond acceptors (Lipinski definition) is 3. The van der Waals surface area contributed by atoms with Crippen molar-refractivity contribution in [2.75, 3.05) is 13.1 Å². The maximum absolute atomic E-state index is 12.2. The SMILES string of the molecule is CCC(N)C(c1ccc(C)cc1)N1CCNC(=O)C1(C)C. The minimum absolute atomic E-state index is 0.0119. The minimum Gasteiger partial charge on any atom is -0.353 e. The molecule has 1 aromatic carbocycles. The van der Waals surface area contributed by atoms with Crippen LogP contribution in [0.1, 0.15) is 44.4 Å². The topological polar surface area (TPSA) is 58.4 Å². The molecule has 3 N–H and O–H groups in total. The zero-order valence-corrected chi connectivity index (χ0v) is 13.5. The van der Waals surface area contributed by atoms with Gasteiger partial charge in [0, 0.05) is 19.1 Å². The van der Waals surface area contributed by atoms with E-state index < -0.39 is 5.54 Å². The van der Waals surface area contributed by atoms with Crippen molar-refractivity contribution in [2.45, 2.75) is 51.7 Å². The largest absolute Gasteiger partial charge is 0.353 e. The number of nitrogens with zero attached hydrogens (tertiary/aromatic N) is 1. The standard InChI is InChI=1S/C17H27N3O/c1-5-14(18)15(13-8-6-12(2)7-9-13)20-11-10-19-16(21)17(20,3)4/h6-9,14-15H,5,10-11,18H2,1-4H3,(H,19,21). The number of carbonyl (C=O) groups excluding carboxylic acids is 1. The van der Waals surface area contributed by atoms with Crippen molar-refractivity contribution in [3.8, 4) is 0 Å². The summed E-state index contributed by atoms with van der Waals surface area (Å²) in [5, 5.41) is 2.95. The molecule has 0 aliphatic carbocycles. The first-order chi connectivity index (χ1) is 9.87. The lowest BCUT2D eigenvalue weighted by atomic mass is 9.89. The fourth-order valence-corrected chi connectivity index (χ4v) is 3.05.